The average Bonchev–Trinajstić information content (AvgIpc) is 2.62. The van der Waals surface area contributed by atoms with Gasteiger partial charge in [-0.05, 0) is 30.5 Å². The number of fused-ring (bicyclic) bond motifs is 1. The molecule has 0 unspecified atom stereocenters. The zero-order chi connectivity index (χ0) is 13.4. The summed E-state index contributed by atoms with van der Waals surface area (Å²) < 4.78 is 0. The summed E-state index contributed by atoms with van der Waals surface area (Å²) in [6.45, 7) is 5.81. The van der Waals surface area contributed by atoms with E-state index in [1.54, 1.807) is 12.1 Å². The number of carboxylic acid groups (broad SMARTS) is 1. The highest BCUT2D eigenvalue weighted by atomic mass is 16.4. The molecule has 4 nitrogen and oxygen atoms in total. The topological polar surface area (TPSA) is 70.2 Å². The van der Waals surface area contributed by atoms with E-state index in [-0.39, 0.29) is 11.5 Å². The fourth-order valence-electron chi connectivity index (χ4n) is 2.20. The number of nitrogens with one attached hydrogen (secondary N) is 1. The van der Waals surface area contributed by atoms with Crippen LogP contribution >= 0.6 is 0 Å². The smallest absolute Gasteiger partial charge is 0.335 e. The maximum Gasteiger partial charge on any atom is 0.335 e. The van der Waals surface area contributed by atoms with Crippen LogP contribution in [-0.4, -0.2) is 22.3 Å². The minimum Gasteiger partial charge on any atom is -0.478 e. The molecule has 2 N–H and O–H groups in total. The van der Waals surface area contributed by atoms with Crippen LogP contribution in [0.1, 0.15) is 51.7 Å². The van der Waals surface area contributed by atoms with Crippen LogP contribution in [0, 0.1) is 6.92 Å². The molecule has 1 aromatic heterocycles. The lowest BCUT2D eigenvalue weighted by Crippen LogP contribution is -1.99. The van der Waals surface area contributed by atoms with E-state index in [9.17, 15) is 9.59 Å². The van der Waals surface area contributed by atoms with Crippen molar-refractivity contribution >= 4 is 23.2 Å². The number of carbonyl (C=O) groups is 2. The van der Waals surface area contributed by atoms with Gasteiger partial charge in [0.05, 0.1) is 5.56 Å². The molecule has 94 valence electrons. The van der Waals surface area contributed by atoms with Crippen LogP contribution in [-0.2, 0) is 0 Å². The minimum atomic E-state index is -0.977. The summed E-state index contributed by atoms with van der Waals surface area (Å²) in [7, 11) is 0. The predicted molar refractivity (Wildman–Crippen MR) is 69.5 cm³/mol. The van der Waals surface area contributed by atoms with Crippen LogP contribution in [0.4, 0.5) is 0 Å². The molecular formula is C14H15NO3. The van der Waals surface area contributed by atoms with Gasteiger partial charge in [-0.15, -0.1) is 0 Å². The maximum atomic E-state index is 11.1. The molecule has 4 heteroatoms. The lowest BCUT2D eigenvalue weighted by Gasteiger charge is -2.08. The number of hydrogen-bond donors (Lipinski definition) is 2. The van der Waals surface area contributed by atoms with Crippen LogP contribution in [0.5, 0.6) is 0 Å². The summed E-state index contributed by atoms with van der Waals surface area (Å²) in [5.74, 6) is -0.793. The molecule has 1 aromatic carbocycles. The molecule has 18 heavy (non-hydrogen) atoms. The highest BCUT2D eigenvalue weighted by Crippen LogP contribution is 2.30. The third kappa shape index (κ3) is 1.79. The summed E-state index contributed by atoms with van der Waals surface area (Å²) in [5, 5.41) is 9.81. The number of aromatic amines is 1. The van der Waals surface area contributed by atoms with Gasteiger partial charge < -0.3 is 10.1 Å². The summed E-state index contributed by atoms with van der Waals surface area (Å²) in [4.78, 5) is 25.4. The molecule has 0 saturated heterocycles. The highest BCUT2D eigenvalue weighted by Gasteiger charge is 2.16. The molecule has 0 amide bonds. The first kappa shape index (κ1) is 12.4. The van der Waals surface area contributed by atoms with Crippen molar-refractivity contribution in [2.45, 2.75) is 26.7 Å². The van der Waals surface area contributed by atoms with Crippen LogP contribution < -0.4 is 0 Å². The SMILES string of the molecule is Cc1[nH]c2c(C(C)C)cc(C(=O)O)cc2c1C=O. The fourth-order valence-corrected chi connectivity index (χ4v) is 2.20. The number of carbonyl (C=O) groups excluding carboxylic acids is 1. The van der Waals surface area contributed by atoms with E-state index in [1.807, 2.05) is 20.8 Å². The zero-order valence-corrected chi connectivity index (χ0v) is 10.6. The first-order valence-electron chi connectivity index (χ1n) is 5.80. The van der Waals surface area contributed by atoms with Crippen molar-refractivity contribution < 1.29 is 14.7 Å². The molecule has 0 radical (unpaired) electrons. The van der Waals surface area contributed by atoms with Crippen LogP contribution in [0.25, 0.3) is 10.9 Å². The van der Waals surface area contributed by atoms with Gasteiger partial charge in [0.1, 0.15) is 0 Å². The van der Waals surface area contributed by atoms with Gasteiger partial charge >= 0.3 is 5.97 Å². The average molecular weight is 245 g/mol. The predicted octanol–water partition coefficient (Wildman–Crippen LogP) is 3.11. The number of aromatic nitrogens is 1. The molecule has 0 aliphatic carbocycles. The van der Waals surface area contributed by atoms with E-state index >= 15 is 0 Å². The van der Waals surface area contributed by atoms with Crippen molar-refractivity contribution in [3.05, 3.63) is 34.5 Å². The second-order valence-electron chi connectivity index (χ2n) is 4.73. The number of benzene rings is 1. The number of aryl methyl sites for hydroxylation is 1. The number of hydrogen-bond acceptors (Lipinski definition) is 2. The second-order valence-corrected chi connectivity index (χ2v) is 4.73. The van der Waals surface area contributed by atoms with E-state index in [4.69, 9.17) is 5.11 Å². The number of aldehydes is 1. The Morgan fingerprint density at radius 3 is 2.56 bits per heavy atom. The highest BCUT2D eigenvalue weighted by molar-refractivity contribution is 6.03. The van der Waals surface area contributed by atoms with Crippen molar-refractivity contribution in [2.24, 2.45) is 0 Å². The largest absolute Gasteiger partial charge is 0.478 e. The Kier molecular flexibility index (Phi) is 2.95. The number of aromatic carboxylic acids is 1. The van der Waals surface area contributed by atoms with Gasteiger partial charge in [0, 0.05) is 22.2 Å². The van der Waals surface area contributed by atoms with E-state index in [0.717, 1.165) is 23.1 Å². The lowest BCUT2D eigenvalue weighted by molar-refractivity contribution is 0.0696. The van der Waals surface area contributed by atoms with E-state index in [2.05, 4.69) is 4.98 Å². The molecule has 2 aromatic rings. The Morgan fingerprint density at radius 1 is 1.39 bits per heavy atom. The first-order chi connectivity index (χ1) is 8.45. The number of H-pyrrole nitrogens is 1. The van der Waals surface area contributed by atoms with Crippen LogP contribution in [0.3, 0.4) is 0 Å². The summed E-state index contributed by atoms with van der Waals surface area (Å²) >= 11 is 0. The second kappa shape index (κ2) is 4.29. The van der Waals surface area contributed by atoms with Crippen molar-refractivity contribution in [1.82, 2.24) is 4.98 Å². The van der Waals surface area contributed by atoms with Crippen molar-refractivity contribution in [2.75, 3.05) is 0 Å². The molecule has 0 aliphatic rings. The van der Waals surface area contributed by atoms with Gasteiger partial charge in [0.2, 0.25) is 0 Å². The van der Waals surface area contributed by atoms with Crippen LogP contribution in [0.15, 0.2) is 12.1 Å². The molecular weight excluding hydrogens is 230 g/mol. The van der Waals surface area contributed by atoms with Crippen LogP contribution in [0.2, 0.25) is 0 Å². The Morgan fingerprint density at radius 2 is 2.06 bits per heavy atom. The van der Waals surface area contributed by atoms with Gasteiger partial charge in [0.25, 0.3) is 0 Å². The number of carboxylic acids is 1. The molecule has 2 rings (SSSR count). The van der Waals surface area contributed by atoms with Gasteiger partial charge in [-0.2, -0.15) is 0 Å². The third-order valence-electron chi connectivity index (χ3n) is 3.16. The summed E-state index contributed by atoms with van der Waals surface area (Å²) in [6, 6.07) is 3.22. The molecule has 0 fully saturated rings. The Labute approximate surface area is 105 Å². The minimum absolute atomic E-state index is 0.185. The maximum absolute atomic E-state index is 11.1. The fraction of sp³-hybridized carbons (Fsp3) is 0.286. The van der Waals surface area contributed by atoms with E-state index in [0.29, 0.717) is 10.9 Å². The quantitative estimate of drug-likeness (QED) is 0.816. The van der Waals surface area contributed by atoms with Gasteiger partial charge in [-0.3, -0.25) is 4.79 Å². The molecule has 0 atom stereocenters. The number of rotatable bonds is 3. The van der Waals surface area contributed by atoms with Crippen molar-refractivity contribution in [3.63, 3.8) is 0 Å². The van der Waals surface area contributed by atoms with E-state index < -0.39 is 5.97 Å². The van der Waals surface area contributed by atoms with E-state index in [1.165, 1.54) is 0 Å². The summed E-state index contributed by atoms with van der Waals surface area (Å²) in [5.41, 5.74) is 3.29. The van der Waals surface area contributed by atoms with Gasteiger partial charge in [0.15, 0.2) is 6.29 Å². The normalized spacial score (nSPS) is 11.1. The Balaban J connectivity index is 2.89. The molecule has 1 heterocycles. The molecule has 0 aliphatic heterocycles. The first-order valence-corrected chi connectivity index (χ1v) is 5.80. The third-order valence-corrected chi connectivity index (χ3v) is 3.16. The van der Waals surface area contributed by atoms with Crippen molar-refractivity contribution in [3.8, 4) is 0 Å². The van der Waals surface area contributed by atoms with Crippen molar-refractivity contribution in [1.29, 1.82) is 0 Å². The molecule has 0 bridgehead atoms. The molecule has 0 spiro atoms. The summed E-state index contributed by atoms with van der Waals surface area (Å²) in [6.07, 6.45) is 0.768. The lowest BCUT2D eigenvalue weighted by atomic mass is 9.96. The van der Waals surface area contributed by atoms with Gasteiger partial charge in [-0.25, -0.2) is 4.79 Å². The Bertz CT molecular complexity index is 638. The zero-order valence-electron chi connectivity index (χ0n) is 10.6. The molecule has 0 saturated carbocycles. The monoisotopic (exact) mass is 245 g/mol. The van der Waals surface area contributed by atoms with Gasteiger partial charge in [-0.1, -0.05) is 13.8 Å². The standard InChI is InChI=1S/C14H15NO3/c1-7(2)10-4-9(14(17)18)5-11-12(6-16)8(3)15-13(10)11/h4-7,15H,1-3H3,(H,17,18). The Hall–Kier alpha value is -2.10.